The van der Waals surface area contributed by atoms with Crippen LogP contribution in [0.1, 0.15) is 67.1 Å². The van der Waals surface area contributed by atoms with Crippen molar-refractivity contribution in [3.8, 4) is 0 Å². The van der Waals surface area contributed by atoms with E-state index in [4.69, 9.17) is 4.74 Å². The van der Waals surface area contributed by atoms with Crippen molar-refractivity contribution < 1.29 is 11.0 Å². The third kappa shape index (κ3) is 32.2. The van der Waals surface area contributed by atoms with Gasteiger partial charge in [0.15, 0.2) is 0 Å². The minimum absolute atomic E-state index is 0. The lowest BCUT2D eigenvalue weighted by atomic mass is 10.2. The second kappa shape index (κ2) is 14.2. The van der Waals surface area contributed by atoms with Crippen molar-refractivity contribution in [1.29, 1.82) is 0 Å². The van der Waals surface area contributed by atoms with Crippen LogP contribution in [0.2, 0.25) is 51.4 Å². The summed E-state index contributed by atoms with van der Waals surface area (Å²) >= 11 is 0. The van der Waals surface area contributed by atoms with Gasteiger partial charge in [-0.15, -0.1) is 0 Å². The lowest BCUT2D eigenvalue weighted by molar-refractivity contribution is -0.107. The predicted molar refractivity (Wildman–Crippen MR) is 122 cm³/mol. The Balaban J connectivity index is -0.000000402. The van der Waals surface area contributed by atoms with E-state index in [-0.39, 0.29) is 7.03 Å². The highest BCUT2D eigenvalue weighted by Gasteiger charge is 2.12. The zero-order valence-electron chi connectivity index (χ0n) is 20.0. The first-order valence-electron chi connectivity index (χ1n) is 10.3. The van der Waals surface area contributed by atoms with Crippen molar-refractivity contribution >= 4 is 22.4 Å². The molecule has 0 rings (SSSR count). The van der Waals surface area contributed by atoms with Crippen LogP contribution in [0.15, 0.2) is 0 Å². The summed E-state index contributed by atoms with van der Waals surface area (Å²) < 4.78 is 5.67. The lowest BCUT2D eigenvalue weighted by Crippen LogP contribution is -2.20. The van der Waals surface area contributed by atoms with E-state index < -0.39 is 16.1 Å². The van der Waals surface area contributed by atoms with Crippen LogP contribution >= 0.6 is 0 Å². The Morgan fingerprint density at radius 3 is 1.56 bits per heavy atom. The highest BCUT2D eigenvalue weighted by molar-refractivity contribution is 6.76. The molecule has 0 radical (unpaired) electrons. The molecule has 0 N–H and O–H groups in total. The quantitative estimate of drug-likeness (QED) is 0.196. The molecule has 0 aromatic rings. The first-order valence-corrected chi connectivity index (χ1v) is 17.8. The van der Waals surface area contributed by atoms with Crippen molar-refractivity contribution in [3.63, 3.8) is 0 Å². The van der Waals surface area contributed by atoms with Gasteiger partial charge in [0.25, 0.3) is 0 Å². The maximum Gasteiger partial charge on any atom is 1.00 e. The normalized spacial score (nSPS) is 12.5. The molecule has 0 unspecified atom stereocenters. The number of hydrogen-bond acceptors (Lipinski definition) is 2. The molecule has 0 aliphatic rings. The Kier molecular flexibility index (Phi) is 15.5. The first-order chi connectivity index (χ1) is 11.3. The lowest BCUT2D eigenvalue weighted by Gasteiger charge is -2.20. The Bertz CT molecular complexity index is 297. The van der Waals surface area contributed by atoms with Crippen LogP contribution in [0.3, 0.4) is 0 Å². The van der Waals surface area contributed by atoms with Gasteiger partial charge in [-0.1, -0.05) is 77.1 Å². The summed E-state index contributed by atoms with van der Waals surface area (Å²) in [6.45, 7) is 21.8. The molecule has 0 aliphatic heterocycles. The monoisotopic (exact) mass is 389 g/mol. The summed E-state index contributed by atoms with van der Waals surface area (Å²) in [5.74, 6) is 0. The molecular formula is C21H49O2Si2+. The number of rotatable bonds is 12. The highest BCUT2D eigenvalue weighted by atomic mass is 28.3. The van der Waals surface area contributed by atoms with E-state index in [1.54, 1.807) is 0 Å². The number of aldehydes is 1. The average Bonchev–Trinajstić information content (AvgIpc) is 2.40. The number of ether oxygens (including phenoxy) is 1. The van der Waals surface area contributed by atoms with Crippen molar-refractivity contribution in [1.82, 2.24) is 0 Å². The summed E-state index contributed by atoms with van der Waals surface area (Å²) in [6.07, 6.45) is 9.38. The second-order valence-electron chi connectivity index (χ2n) is 10.7. The predicted octanol–water partition coefficient (Wildman–Crippen LogP) is 7.51. The van der Waals surface area contributed by atoms with Crippen LogP contribution in [0.5, 0.6) is 0 Å². The van der Waals surface area contributed by atoms with Gasteiger partial charge in [-0.3, -0.25) is 0 Å². The van der Waals surface area contributed by atoms with Gasteiger partial charge in [-0.2, -0.15) is 0 Å². The van der Waals surface area contributed by atoms with Crippen LogP contribution in [0, 0.1) is 0 Å². The molecule has 4 heteroatoms. The van der Waals surface area contributed by atoms with Crippen LogP contribution in [0.25, 0.3) is 0 Å². The van der Waals surface area contributed by atoms with Crippen LogP contribution < -0.4 is 0 Å². The molecule has 0 spiro atoms. The van der Waals surface area contributed by atoms with Crippen LogP contribution in [-0.2, 0) is 9.53 Å². The topological polar surface area (TPSA) is 26.3 Å². The van der Waals surface area contributed by atoms with Gasteiger partial charge >= 0.3 is 1.43 Å². The Hall–Kier alpha value is 0.0638. The van der Waals surface area contributed by atoms with E-state index in [2.05, 4.69) is 60.1 Å². The minimum Gasteiger partial charge on any atom is -0.376 e. The van der Waals surface area contributed by atoms with E-state index >= 15 is 0 Å². The van der Waals surface area contributed by atoms with Gasteiger partial charge in [-0.25, -0.2) is 0 Å². The van der Waals surface area contributed by atoms with E-state index in [1.165, 1.54) is 44.2 Å². The van der Waals surface area contributed by atoms with Crippen molar-refractivity contribution in [3.05, 3.63) is 0 Å². The maximum atomic E-state index is 9.97. The number of unbranched alkanes of at least 4 members (excludes halogenated alkanes) is 5. The maximum absolute atomic E-state index is 9.97. The average molecular weight is 390 g/mol. The van der Waals surface area contributed by atoms with Gasteiger partial charge in [0.2, 0.25) is 0 Å². The van der Waals surface area contributed by atoms with Crippen molar-refractivity contribution in [2.45, 2.75) is 123 Å². The SMILES string of the molecule is CC(C)(C)OCCCCC[Si](C)(C)C.C[Si](C)(C)CCCCCC=O.[H+]. The van der Waals surface area contributed by atoms with E-state index in [0.717, 1.165) is 25.7 Å². The van der Waals surface area contributed by atoms with E-state index in [1.807, 2.05) is 0 Å². The second-order valence-corrected chi connectivity index (χ2v) is 21.9. The Labute approximate surface area is 163 Å². The molecule has 0 bridgehead atoms. The molecule has 0 atom stereocenters. The van der Waals surface area contributed by atoms with Crippen LogP contribution in [-0.4, -0.2) is 34.6 Å². The minimum atomic E-state index is -0.806. The fourth-order valence-electron chi connectivity index (χ4n) is 2.37. The Morgan fingerprint density at radius 1 is 0.760 bits per heavy atom. The number of carbonyl (C=O) groups is 1. The summed E-state index contributed by atoms with van der Waals surface area (Å²) in [6, 6.07) is 2.87. The van der Waals surface area contributed by atoms with Gasteiger partial charge in [0, 0.05) is 29.2 Å². The molecule has 152 valence electrons. The van der Waals surface area contributed by atoms with E-state index in [0.29, 0.717) is 0 Å². The van der Waals surface area contributed by atoms with Crippen LogP contribution in [0.4, 0.5) is 0 Å². The molecule has 2 nitrogen and oxygen atoms in total. The molecule has 0 amide bonds. The molecule has 0 fully saturated rings. The zero-order chi connectivity index (χ0) is 20.0. The molecule has 0 heterocycles. The number of hydrogen-bond donors (Lipinski definition) is 0. The molecular weight excluding hydrogens is 340 g/mol. The third-order valence-electron chi connectivity index (χ3n) is 3.85. The summed E-state index contributed by atoms with van der Waals surface area (Å²) in [4.78, 5) is 9.97. The highest BCUT2D eigenvalue weighted by Crippen LogP contribution is 2.15. The van der Waals surface area contributed by atoms with Gasteiger partial charge in [0.1, 0.15) is 6.29 Å². The molecule has 0 saturated carbocycles. The Morgan fingerprint density at radius 2 is 1.20 bits per heavy atom. The fourth-order valence-corrected chi connectivity index (χ4v) is 4.99. The molecule has 0 aromatic carbocycles. The molecule has 0 saturated heterocycles. The summed E-state index contributed by atoms with van der Waals surface area (Å²) in [7, 11) is -1.60. The zero-order valence-corrected chi connectivity index (χ0v) is 21.0. The molecule has 0 aromatic heterocycles. The fraction of sp³-hybridized carbons (Fsp3) is 0.952. The first kappa shape index (κ1) is 27.3. The third-order valence-corrected chi connectivity index (χ3v) is 7.56. The standard InChI is InChI=1S/C12H28OSi.C9H20OSi/c1-12(2,3)13-10-8-7-9-11-14(4,5)6;1-11(2,3)9-7-5-4-6-8-10/h7-11H2,1-6H3;8H,4-7,9H2,1-3H3/p+1. The van der Waals surface area contributed by atoms with Crippen molar-refractivity contribution in [2.75, 3.05) is 6.61 Å². The molecule has 25 heavy (non-hydrogen) atoms. The van der Waals surface area contributed by atoms with Gasteiger partial charge in [0.05, 0.1) is 5.60 Å². The summed E-state index contributed by atoms with van der Waals surface area (Å²) in [5.41, 5.74) is 0.0405. The van der Waals surface area contributed by atoms with E-state index in [9.17, 15) is 4.79 Å². The number of carbonyl (C=O) groups excluding carboxylic acids is 1. The smallest absolute Gasteiger partial charge is 0.376 e. The molecule has 0 aliphatic carbocycles. The van der Waals surface area contributed by atoms with Gasteiger partial charge in [-0.05, 0) is 33.6 Å². The van der Waals surface area contributed by atoms with Crippen molar-refractivity contribution in [2.24, 2.45) is 0 Å². The largest absolute Gasteiger partial charge is 1.00 e. The van der Waals surface area contributed by atoms with Gasteiger partial charge < -0.3 is 9.53 Å². The summed E-state index contributed by atoms with van der Waals surface area (Å²) in [5, 5.41) is 0.